The molecule has 0 fully saturated rings. The molecule has 0 saturated carbocycles. The summed E-state index contributed by atoms with van der Waals surface area (Å²) in [7, 11) is -2.67. The van der Waals surface area contributed by atoms with Crippen LogP contribution < -0.4 is 15.4 Å². The number of nitrogens with one attached hydrogen (secondary N) is 2. The van der Waals surface area contributed by atoms with Gasteiger partial charge in [-0.3, -0.25) is 4.79 Å². The summed E-state index contributed by atoms with van der Waals surface area (Å²) < 4.78 is 85.9. The Morgan fingerprint density at radius 3 is 2.28 bits per heavy atom. The number of carbonyl (C=O) groups excluding carboxylic acids is 2. The Kier molecular flexibility index (Phi) is 10.6. The number of fused-ring (bicyclic) bond motifs is 1. The van der Waals surface area contributed by atoms with Crippen molar-refractivity contribution in [3.8, 4) is 5.75 Å². The van der Waals surface area contributed by atoms with Gasteiger partial charge >= 0.3 is 12.2 Å². The highest BCUT2D eigenvalue weighted by Gasteiger charge is 2.34. The van der Waals surface area contributed by atoms with Gasteiger partial charge in [0, 0.05) is 36.4 Å². The molecule has 248 valence electrons. The van der Waals surface area contributed by atoms with Crippen LogP contribution >= 0.6 is 0 Å². The highest BCUT2D eigenvalue weighted by atomic mass is 32.2. The molecule has 3 aromatic rings. The number of likely N-dealkylation sites (N-methyl/N-ethyl adjacent to an activating group) is 1. The first kappa shape index (κ1) is 34.7. The third-order valence-electron chi connectivity index (χ3n) is 7.60. The van der Waals surface area contributed by atoms with Crippen LogP contribution in [0.3, 0.4) is 0 Å². The maximum absolute atomic E-state index is 13.4. The van der Waals surface area contributed by atoms with Gasteiger partial charge in [0.2, 0.25) is 15.9 Å². The lowest BCUT2D eigenvalue weighted by atomic mass is 10.0. The second kappa shape index (κ2) is 14.1. The third-order valence-corrected chi connectivity index (χ3v) is 9.44. The molecule has 15 heteroatoms. The minimum Gasteiger partial charge on any atom is -0.488 e. The SMILES string of the molecule is C[C@H](CO)N1C[C@H](C)[C@@H](CN(C)S(=O)(=O)c2ccc(F)cc2)Oc2ccc(NC(=O)Nc3ccc(C(F)(F)F)cc3)cc2CC1=O. The van der Waals surface area contributed by atoms with E-state index in [2.05, 4.69) is 10.6 Å². The predicted molar refractivity (Wildman–Crippen MR) is 162 cm³/mol. The maximum Gasteiger partial charge on any atom is 0.416 e. The van der Waals surface area contributed by atoms with Gasteiger partial charge in [-0.25, -0.2) is 17.6 Å². The number of benzene rings is 3. The zero-order valence-electron chi connectivity index (χ0n) is 25.2. The summed E-state index contributed by atoms with van der Waals surface area (Å²) in [6.45, 7) is 3.16. The number of aliphatic hydroxyl groups is 1. The summed E-state index contributed by atoms with van der Waals surface area (Å²) in [5, 5.41) is 14.9. The van der Waals surface area contributed by atoms with Crippen LogP contribution in [-0.4, -0.2) is 73.6 Å². The second-order valence-corrected chi connectivity index (χ2v) is 13.1. The summed E-state index contributed by atoms with van der Waals surface area (Å²) in [5.41, 5.74) is -0.120. The summed E-state index contributed by atoms with van der Waals surface area (Å²) in [5.74, 6) is -1.07. The van der Waals surface area contributed by atoms with Crippen LogP contribution in [0.2, 0.25) is 0 Å². The number of anilines is 2. The lowest BCUT2D eigenvalue weighted by molar-refractivity contribution is -0.137. The summed E-state index contributed by atoms with van der Waals surface area (Å²) in [6.07, 6.45) is -5.47. The van der Waals surface area contributed by atoms with Gasteiger partial charge in [0.1, 0.15) is 17.7 Å². The number of ether oxygens (including phenoxy) is 1. The summed E-state index contributed by atoms with van der Waals surface area (Å²) >= 11 is 0. The normalized spacial score (nSPS) is 18.1. The number of nitrogens with zero attached hydrogens (tertiary/aromatic N) is 2. The van der Waals surface area contributed by atoms with Gasteiger partial charge in [-0.2, -0.15) is 17.5 Å². The quantitative estimate of drug-likeness (QED) is 0.292. The number of hydrogen-bond acceptors (Lipinski definition) is 6. The molecule has 3 atom stereocenters. The van der Waals surface area contributed by atoms with Crippen molar-refractivity contribution in [2.24, 2.45) is 5.92 Å². The van der Waals surface area contributed by atoms with Crippen LogP contribution in [0.1, 0.15) is 25.0 Å². The van der Waals surface area contributed by atoms with Crippen LogP contribution in [0.25, 0.3) is 0 Å². The zero-order chi connectivity index (χ0) is 33.8. The van der Waals surface area contributed by atoms with E-state index in [4.69, 9.17) is 4.74 Å². The first-order valence-corrected chi connectivity index (χ1v) is 15.7. The predicted octanol–water partition coefficient (Wildman–Crippen LogP) is 4.96. The smallest absolute Gasteiger partial charge is 0.416 e. The molecule has 3 N–H and O–H groups in total. The van der Waals surface area contributed by atoms with Gasteiger partial charge in [-0.15, -0.1) is 0 Å². The van der Waals surface area contributed by atoms with Crippen molar-refractivity contribution in [3.05, 3.63) is 83.7 Å². The van der Waals surface area contributed by atoms with Gasteiger partial charge in [-0.05, 0) is 73.7 Å². The van der Waals surface area contributed by atoms with Crippen molar-refractivity contribution in [2.45, 2.75) is 43.5 Å². The molecule has 1 aliphatic heterocycles. The van der Waals surface area contributed by atoms with E-state index in [1.54, 1.807) is 13.8 Å². The number of aliphatic hydroxyl groups excluding tert-OH is 1. The highest BCUT2D eigenvalue weighted by molar-refractivity contribution is 7.89. The van der Waals surface area contributed by atoms with E-state index in [1.807, 2.05) is 0 Å². The number of rotatable bonds is 8. The minimum absolute atomic E-state index is 0.108. The fourth-order valence-corrected chi connectivity index (χ4v) is 6.08. The number of amides is 3. The number of sulfonamides is 1. The van der Waals surface area contributed by atoms with Crippen LogP contribution in [0, 0.1) is 11.7 Å². The molecule has 0 aliphatic carbocycles. The molecule has 0 bridgehead atoms. The fraction of sp³-hybridized carbons (Fsp3) is 0.355. The van der Waals surface area contributed by atoms with Crippen molar-refractivity contribution in [1.29, 1.82) is 0 Å². The monoisotopic (exact) mass is 666 g/mol. The van der Waals surface area contributed by atoms with Gasteiger partial charge in [-0.1, -0.05) is 6.92 Å². The molecule has 0 saturated heterocycles. The molecule has 3 amide bonds. The zero-order valence-corrected chi connectivity index (χ0v) is 26.0. The van der Waals surface area contributed by atoms with E-state index in [0.29, 0.717) is 5.56 Å². The molecule has 3 aromatic carbocycles. The molecule has 4 rings (SSSR count). The average Bonchev–Trinajstić information content (AvgIpc) is 3.04. The number of alkyl halides is 3. The summed E-state index contributed by atoms with van der Waals surface area (Å²) in [4.78, 5) is 27.5. The number of halogens is 4. The molecule has 10 nitrogen and oxygen atoms in total. The van der Waals surface area contributed by atoms with Crippen molar-refractivity contribution in [1.82, 2.24) is 9.21 Å². The van der Waals surface area contributed by atoms with Crippen molar-refractivity contribution in [3.63, 3.8) is 0 Å². The highest BCUT2D eigenvalue weighted by Crippen LogP contribution is 2.31. The van der Waals surface area contributed by atoms with Crippen LogP contribution in [0.15, 0.2) is 71.6 Å². The Morgan fingerprint density at radius 1 is 1.07 bits per heavy atom. The molecular weight excluding hydrogens is 632 g/mol. The Bertz CT molecular complexity index is 1650. The molecule has 0 aromatic heterocycles. The Morgan fingerprint density at radius 2 is 1.67 bits per heavy atom. The van der Waals surface area contributed by atoms with Crippen molar-refractivity contribution < 1.29 is 45.4 Å². The van der Waals surface area contributed by atoms with Crippen molar-refractivity contribution >= 4 is 33.3 Å². The van der Waals surface area contributed by atoms with E-state index < -0.39 is 51.7 Å². The standard InChI is InChI=1S/C31H34F4N4O6S/c1-19-16-39(20(2)18-40)29(41)15-21-14-25(37-30(42)36-24-8-4-22(5-9-24)31(33,34)35)10-13-27(21)45-28(19)17-38(3)46(43,44)26-11-6-23(32)7-12-26/h4-14,19-20,28,40H,15-18H2,1-3H3,(H2,36,37,42)/t19-,20+,28+/m0/s1. The van der Waals surface area contributed by atoms with Crippen LogP contribution in [-0.2, 0) is 27.4 Å². The Labute approximate surface area is 264 Å². The fourth-order valence-electron chi connectivity index (χ4n) is 4.90. The first-order valence-electron chi connectivity index (χ1n) is 14.3. The maximum atomic E-state index is 13.4. The molecule has 46 heavy (non-hydrogen) atoms. The summed E-state index contributed by atoms with van der Waals surface area (Å²) in [6, 6.07) is 11.6. The average molecular weight is 667 g/mol. The van der Waals surface area contributed by atoms with E-state index in [0.717, 1.165) is 52.8 Å². The van der Waals surface area contributed by atoms with Gasteiger partial charge < -0.3 is 25.4 Å². The van der Waals surface area contributed by atoms with Gasteiger partial charge in [0.15, 0.2) is 0 Å². The van der Waals surface area contributed by atoms with E-state index in [-0.39, 0.29) is 54.0 Å². The molecule has 0 spiro atoms. The lowest BCUT2D eigenvalue weighted by Gasteiger charge is -2.33. The molecule has 0 unspecified atom stereocenters. The van der Waals surface area contributed by atoms with Crippen molar-refractivity contribution in [2.75, 3.05) is 37.4 Å². The molecule has 1 aliphatic rings. The number of urea groups is 1. The Balaban J connectivity index is 1.58. The van der Waals surface area contributed by atoms with Gasteiger partial charge in [0.25, 0.3) is 0 Å². The third kappa shape index (κ3) is 8.33. The Hall–Kier alpha value is -4.21. The van der Waals surface area contributed by atoms with Crippen LogP contribution in [0.5, 0.6) is 5.75 Å². The van der Waals surface area contributed by atoms with E-state index in [1.165, 1.54) is 30.1 Å². The molecular formula is C31H34F4N4O6S. The van der Waals surface area contributed by atoms with E-state index in [9.17, 15) is 40.7 Å². The topological polar surface area (TPSA) is 128 Å². The lowest BCUT2D eigenvalue weighted by Crippen LogP contribution is -2.48. The molecule has 1 heterocycles. The minimum atomic E-state index is -4.52. The number of hydrogen-bond donors (Lipinski definition) is 3. The van der Waals surface area contributed by atoms with Crippen LogP contribution in [0.4, 0.5) is 33.7 Å². The largest absolute Gasteiger partial charge is 0.488 e. The van der Waals surface area contributed by atoms with Gasteiger partial charge in [0.05, 0.1) is 36.1 Å². The van der Waals surface area contributed by atoms with E-state index >= 15 is 0 Å². The first-order chi connectivity index (χ1) is 21.6. The second-order valence-electron chi connectivity index (χ2n) is 11.1. The number of carbonyl (C=O) groups is 2. The molecule has 0 radical (unpaired) electrons.